The van der Waals surface area contributed by atoms with Crippen LogP contribution in [0.1, 0.15) is 31.2 Å². The van der Waals surface area contributed by atoms with Gasteiger partial charge in [-0.2, -0.15) is 0 Å². The number of aryl methyl sites for hydroxylation is 2. The van der Waals surface area contributed by atoms with Crippen LogP contribution in [0.25, 0.3) is 27.9 Å². The smallest absolute Gasteiger partial charge is 0.154 e. The van der Waals surface area contributed by atoms with Gasteiger partial charge in [0.05, 0.1) is 18.0 Å². The molecule has 1 fully saturated rings. The highest BCUT2D eigenvalue weighted by molar-refractivity contribution is 5.87. The molecule has 0 unspecified atom stereocenters. The molecule has 6 heteroatoms. The molecule has 3 aromatic heterocycles. The maximum atomic E-state index is 9.71. The third-order valence-electron chi connectivity index (χ3n) is 5.87. The van der Waals surface area contributed by atoms with E-state index in [9.17, 15) is 5.11 Å². The molecule has 5 rings (SSSR count). The highest BCUT2D eigenvalue weighted by Crippen LogP contribution is 2.29. The number of anilines is 1. The van der Waals surface area contributed by atoms with Gasteiger partial charge in [0.1, 0.15) is 11.5 Å². The van der Waals surface area contributed by atoms with E-state index in [0.29, 0.717) is 6.04 Å². The summed E-state index contributed by atoms with van der Waals surface area (Å²) in [6.45, 7) is 2.12. The summed E-state index contributed by atoms with van der Waals surface area (Å²) in [6, 6.07) is 13.1. The van der Waals surface area contributed by atoms with Crippen molar-refractivity contribution >= 4 is 22.4 Å². The van der Waals surface area contributed by atoms with E-state index in [1.54, 1.807) is 0 Å². The van der Waals surface area contributed by atoms with Gasteiger partial charge < -0.3 is 15.0 Å². The first kappa shape index (κ1) is 17.3. The molecule has 0 spiro atoms. The van der Waals surface area contributed by atoms with E-state index >= 15 is 0 Å². The summed E-state index contributed by atoms with van der Waals surface area (Å²) in [5.41, 5.74) is 5.37. The lowest BCUT2D eigenvalue weighted by Gasteiger charge is -2.26. The van der Waals surface area contributed by atoms with Crippen molar-refractivity contribution in [3.05, 3.63) is 48.2 Å². The van der Waals surface area contributed by atoms with Crippen LogP contribution >= 0.6 is 0 Å². The van der Waals surface area contributed by atoms with Gasteiger partial charge in [-0.3, -0.25) is 0 Å². The lowest BCUT2D eigenvalue weighted by atomic mass is 9.93. The van der Waals surface area contributed by atoms with Gasteiger partial charge >= 0.3 is 0 Å². The number of imidazole rings is 1. The van der Waals surface area contributed by atoms with Gasteiger partial charge in [0.2, 0.25) is 0 Å². The minimum absolute atomic E-state index is 0.149. The lowest BCUT2D eigenvalue weighted by molar-refractivity contribution is 0.126. The minimum Gasteiger partial charge on any atom is -0.393 e. The van der Waals surface area contributed by atoms with Crippen LogP contribution in [-0.2, 0) is 7.05 Å². The molecule has 3 heterocycles. The molecule has 144 valence electrons. The predicted molar refractivity (Wildman–Crippen MR) is 112 cm³/mol. The van der Waals surface area contributed by atoms with E-state index < -0.39 is 0 Å². The standard InChI is InChI=1S/C22H25N5O/c1-14-3-8-18-15(11-14)12-19(26(18)2)20-13-23-22-10-9-21(25-27(20)22)24-16-4-6-17(28)7-5-16/h3,8-13,16-17,28H,4-7H2,1-2H3,(H,24,25). The molecule has 1 aromatic carbocycles. The number of aliphatic hydroxyl groups is 1. The minimum atomic E-state index is -0.149. The van der Waals surface area contributed by atoms with Crippen molar-refractivity contribution in [2.24, 2.45) is 7.05 Å². The highest BCUT2D eigenvalue weighted by Gasteiger charge is 2.20. The molecule has 2 N–H and O–H groups in total. The van der Waals surface area contributed by atoms with Crippen LogP contribution in [0, 0.1) is 6.92 Å². The predicted octanol–water partition coefficient (Wildman–Crippen LogP) is 3.91. The van der Waals surface area contributed by atoms with Crippen LogP contribution in [0.3, 0.4) is 0 Å². The summed E-state index contributed by atoms with van der Waals surface area (Å²) in [5, 5.41) is 19.3. The third kappa shape index (κ3) is 2.94. The second-order valence-corrected chi connectivity index (χ2v) is 7.93. The molecular weight excluding hydrogens is 350 g/mol. The lowest BCUT2D eigenvalue weighted by Crippen LogP contribution is -2.28. The Labute approximate surface area is 163 Å². The summed E-state index contributed by atoms with van der Waals surface area (Å²) >= 11 is 0. The number of hydrogen-bond donors (Lipinski definition) is 2. The average molecular weight is 375 g/mol. The number of nitrogens with zero attached hydrogens (tertiary/aromatic N) is 4. The van der Waals surface area contributed by atoms with Crippen molar-refractivity contribution in [1.29, 1.82) is 0 Å². The zero-order valence-corrected chi connectivity index (χ0v) is 16.3. The van der Waals surface area contributed by atoms with Crippen molar-refractivity contribution < 1.29 is 5.11 Å². The van der Waals surface area contributed by atoms with Gasteiger partial charge in [0.25, 0.3) is 0 Å². The van der Waals surface area contributed by atoms with Crippen LogP contribution in [0.15, 0.2) is 42.6 Å². The molecule has 0 bridgehead atoms. The molecule has 4 aromatic rings. The molecule has 6 nitrogen and oxygen atoms in total. The van der Waals surface area contributed by atoms with Gasteiger partial charge in [0, 0.05) is 24.0 Å². The number of aliphatic hydroxyl groups excluding tert-OH is 1. The third-order valence-corrected chi connectivity index (χ3v) is 5.87. The molecule has 0 saturated heterocycles. The summed E-state index contributed by atoms with van der Waals surface area (Å²) in [4.78, 5) is 4.55. The zero-order valence-electron chi connectivity index (χ0n) is 16.3. The second-order valence-electron chi connectivity index (χ2n) is 7.93. The fourth-order valence-electron chi connectivity index (χ4n) is 4.27. The molecule has 0 amide bonds. The summed E-state index contributed by atoms with van der Waals surface area (Å²) in [6.07, 6.45) is 5.39. The van der Waals surface area contributed by atoms with Crippen LogP contribution < -0.4 is 5.32 Å². The normalized spacial score (nSPS) is 20.1. The average Bonchev–Trinajstić information content (AvgIpc) is 3.24. The van der Waals surface area contributed by atoms with Crippen molar-refractivity contribution in [2.75, 3.05) is 5.32 Å². The number of aromatic nitrogens is 4. The Morgan fingerprint density at radius 2 is 1.86 bits per heavy atom. The highest BCUT2D eigenvalue weighted by atomic mass is 16.3. The summed E-state index contributed by atoms with van der Waals surface area (Å²) in [7, 11) is 2.09. The van der Waals surface area contributed by atoms with Crippen molar-refractivity contribution in [3.63, 3.8) is 0 Å². The number of hydrogen-bond acceptors (Lipinski definition) is 4. The van der Waals surface area contributed by atoms with E-state index in [-0.39, 0.29) is 6.10 Å². The Balaban J connectivity index is 1.53. The van der Waals surface area contributed by atoms with Gasteiger partial charge in [-0.25, -0.2) is 9.50 Å². The van der Waals surface area contributed by atoms with Gasteiger partial charge in [-0.1, -0.05) is 11.6 Å². The number of rotatable bonds is 3. The van der Waals surface area contributed by atoms with Crippen molar-refractivity contribution in [1.82, 2.24) is 19.2 Å². The van der Waals surface area contributed by atoms with Crippen molar-refractivity contribution in [3.8, 4) is 11.4 Å². The zero-order chi connectivity index (χ0) is 19.3. The van der Waals surface area contributed by atoms with Crippen LogP contribution in [0.4, 0.5) is 5.82 Å². The molecule has 28 heavy (non-hydrogen) atoms. The molecule has 0 atom stereocenters. The van der Waals surface area contributed by atoms with Crippen molar-refractivity contribution in [2.45, 2.75) is 44.8 Å². The van der Waals surface area contributed by atoms with E-state index in [1.165, 1.54) is 16.5 Å². The summed E-state index contributed by atoms with van der Waals surface area (Å²) in [5.74, 6) is 0.850. The Morgan fingerprint density at radius 3 is 2.68 bits per heavy atom. The van der Waals surface area contributed by atoms with E-state index in [1.807, 2.05) is 22.8 Å². The second kappa shape index (κ2) is 6.63. The van der Waals surface area contributed by atoms with E-state index in [0.717, 1.165) is 48.5 Å². The molecular formula is C22H25N5O. The molecule has 0 aliphatic heterocycles. The SMILES string of the molecule is Cc1ccc2c(c1)cc(-c1cnc3ccc(NC4CCC(O)CC4)nn13)n2C. The first-order chi connectivity index (χ1) is 13.6. The maximum absolute atomic E-state index is 9.71. The Hall–Kier alpha value is -2.86. The number of benzene rings is 1. The first-order valence-corrected chi connectivity index (χ1v) is 9.94. The Kier molecular flexibility index (Phi) is 4.09. The first-order valence-electron chi connectivity index (χ1n) is 9.94. The molecule has 1 aliphatic carbocycles. The Morgan fingerprint density at radius 1 is 1.04 bits per heavy atom. The van der Waals surface area contributed by atoms with Crippen LogP contribution in [-0.4, -0.2) is 36.4 Å². The van der Waals surface area contributed by atoms with Crippen LogP contribution in [0.5, 0.6) is 0 Å². The number of fused-ring (bicyclic) bond motifs is 2. The maximum Gasteiger partial charge on any atom is 0.154 e. The fraction of sp³-hybridized carbons (Fsp3) is 0.364. The van der Waals surface area contributed by atoms with Gasteiger partial charge in [-0.15, -0.1) is 5.10 Å². The van der Waals surface area contributed by atoms with Gasteiger partial charge in [-0.05, 0) is 62.9 Å². The fourth-order valence-corrected chi connectivity index (χ4v) is 4.27. The van der Waals surface area contributed by atoms with Gasteiger partial charge in [0.15, 0.2) is 5.65 Å². The van der Waals surface area contributed by atoms with E-state index in [4.69, 9.17) is 5.10 Å². The Bertz CT molecular complexity index is 1150. The molecule has 0 radical (unpaired) electrons. The molecule has 1 saturated carbocycles. The largest absolute Gasteiger partial charge is 0.393 e. The quantitative estimate of drug-likeness (QED) is 0.570. The number of nitrogens with one attached hydrogen (secondary N) is 1. The summed E-state index contributed by atoms with van der Waals surface area (Å²) < 4.78 is 4.11. The topological polar surface area (TPSA) is 67.4 Å². The monoisotopic (exact) mass is 375 g/mol. The van der Waals surface area contributed by atoms with E-state index in [2.05, 4.69) is 53.1 Å². The van der Waals surface area contributed by atoms with Crippen LogP contribution in [0.2, 0.25) is 0 Å². The molecule has 1 aliphatic rings.